The number of carbonyl (C=O) groups is 2. The van der Waals surface area contributed by atoms with E-state index in [9.17, 15) is 9.59 Å². The number of hydrogen-bond acceptors (Lipinski definition) is 3. The molecule has 3 aromatic rings. The van der Waals surface area contributed by atoms with Crippen LogP contribution in [0.2, 0.25) is 5.02 Å². The highest BCUT2D eigenvalue weighted by atomic mass is 35.5. The van der Waals surface area contributed by atoms with E-state index in [1.54, 1.807) is 18.2 Å². The van der Waals surface area contributed by atoms with Crippen LogP contribution in [0.5, 0.6) is 0 Å². The third-order valence-corrected chi connectivity index (χ3v) is 5.63. The molecule has 0 unspecified atom stereocenters. The van der Waals surface area contributed by atoms with Gasteiger partial charge in [0.2, 0.25) is 5.91 Å². The molecule has 0 aliphatic rings. The lowest BCUT2D eigenvalue weighted by molar-refractivity contribution is -0.113. The largest absolute Gasteiger partial charge is 0.325 e. The molecule has 3 aromatic carbocycles. The summed E-state index contributed by atoms with van der Waals surface area (Å²) in [5.74, 6) is -0.0360. The molecule has 0 fully saturated rings. The number of benzene rings is 3. The van der Waals surface area contributed by atoms with Crippen LogP contribution >= 0.6 is 23.4 Å². The summed E-state index contributed by atoms with van der Waals surface area (Å²) in [6.45, 7) is 3.89. The summed E-state index contributed by atoms with van der Waals surface area (Å²) in [5.41, 5.74) is 4.02. The molecular formula is C23H21ClN2O2S. The van der Waals surface area contributed by atoms with E-state index in [-0.39, 0.29) is 17.6 Å². The number of thioether (sulfide) groups is 1. The molecule has 0 aromatic heterocycles. The van der Waals surface area contributed by atoms with Gasteiger partial charge < -0.3 is 10.6 Å². The summed E-state index contributed by atoms with van der Waals surface area (Å²) in [5, 5.41) is 6.35. The van der Waals surface area contributed by atoms with Gasteiger partial charge >= 0.3 is 0 Å². The monoisotopic (exact) mass is 424 g/mol. The fourth-order valence-electron chi connectivity index (χ4n) is 2.59. The fraction of sp³-hybridized carbons (Fsp3) is 0.130. The summed E-state index contributed by atoms with van der Waals surface area (Å²) < 4.78 is 0. The predicted molar refractivity (Wildman–Crippen MR) is 121 cm³/mol. The minimum Gasteiger partial charge on any atom is -0.325 e. The van der Waals surface area contributed by atoms with Gasteiger partial charge in [-0.1, -0.05) is 41.4 Å². The van der Waals surface area contributed by atoms with Crippen molar-refractivity contribution >= 4 is 46.6 Å². The Kier molecular flexibility index (Phi) is 6.96. The number of aryl methyl sites for hydroxylation is 2. The molecule has 29 heavy (non-hydrogen) atoms. The van der Waals surface area contributed by atoms with E-state index in [1.165, 1.54) is 11.8 Å². The Hall–Kier alpha value is -2.76. The van der Waals surface area contributed by atoms with Crippen LogP contribution in [0.3, 0.4) is 0 Å². The second-order valence-corrected chi connectivity index (χ2v) is 8.10. The number of rotatable bonds is 6. The minimum absolute atomic E-state index is 0.121. The zero-order chi connectivity index (χ0) is 20.8. The summed E-state index contributed by atoms with van der Waals surface area (Å²) in [4.78, 5) is 25.5. The van der Waals surface area contributed by atoms with Crippen molar-refractivity contribution in [3.63, 3.8) is 0 Å². The SMILES string of the molecule is Cc1ccc(C(=O)Nc2cccc(SCC(=O)Nc3ccc(C)c(Cl)c3)c2)cc1. The third kappa shape index (κ3) is 6.11. The molecule has 0 atom stereocenters. The van der Waals surface area contributed by atoms with Crippen LogP contribution in [-0.4, -0.2) is 17.6 Å². The molecule has 0 aliphatic carbocycles. The highest BCUT2D eigenvalue weighted by molar-refractivity contribution is 8.00. The molecule has 6 heteroatoms. The molecule has 0 bridgehead atoms. The van der Waals surface area contributed by atoms with Gasteiger partial charge in [0.15, 0.2) is 0 Å². The first-order valence-electron chi connectivity index (χ1n) is 9.07. The van der Waals surface area contributed by atoms with E-state index in [0.717, 1.165) is 16.0 Å². The summed E-state index contributed by atoms with van der Waals surface area (Å²) in [6, 6.07) is 20.3. The van der Waals surface area contributed by atoms with Crippen molar-refractivity contribution in [2.24, 2.45) is 0 Å². The first kappa shape index (κ1) is 21.0. The lowest BCUT2D eigenvalue weighted by Crippen LogP contribution is -2.14. The van der Waals surface area contributed by atoms with Gasteiger partial charge in [-0.2, -0.15) is 0 Å². The molecule has 2 N–H and O–H groups in total. The molecule has 0 saturated carbocycles. The van der Waals surface area contributed by atoms with Crippen molar-refractivity contribution in [2.75, 3.05) is 16.4 Å². The maximum absolute atomic E-state index is 12.4. The van der Waals surface area contributed by atoms with Crippen LogP contribution in [-0.2, 0) is 4.79 Å². The van der Waals surface area contributed by atoms with E-state index >= 15 is 0 Å². The maximum Gasteiger partial charge on any atom is 0.255 e. The zero-order valence-electron chi connectivity index (χ0n) is 16.2. The number of halogens is 1. The van der Waals surface area contributed by atoms with Crippen LogP contribution in [0.15, 0.2) is 71.6 Å². The number of amides is 2. The molecule has 0 spiro atoms. The lowest BCUT2D eigenvalue weighted by atomic mass is 10.1. The average Bonchev–Trinajstić information content (AvgIpc) is 2.70. The van der Waals surface area contributed by atoms with Crippen LogP contribution in [0.25, 0.3) is 0 Å². The second kappa shape index (κ2) is 9.63. The summed E-state index contributed by atoms with van der Waals surface area (Å²) in [6.07, 6.45) is 0. The zero-order valence-corrected chi connectivity index (χ0v) is 17.7. The number of anilines is 2. The lowest BCUT2D eigenvalue weighted by Gasteiger charge is -2.09. The van der Waals surface area contributed by atoms with Gasteiger partial charge in [0.1, 0.15) is 0 Å². The van der Waals surface area contributed by atoms with Gasteiger partial charge in [0.25, 0.3) is 5.91 Å². The molecule has 2 amide bonds. The van der Waals surface area contributed by atoms with Gasteiger partial charge in [0, 0.05) is 26.9 Å². The number of nitrogens with one attached hydrogen (secondary N) is 2. The first-order valence-corrected chi connectivity index (χ1v) is 10.4. The van der Waals surface area contributed by atoms with E-state index < -0.39 is 0 Å². The van der Waals surface area contributed by atoms with Gasteiger partial charge in [-0.25, -0.2) is 0 Å². The smallest absolute Gasteiger partial charge is 0.255 e. The van der Waals surface area contributed by atoms with E-state index in [2.05, 4.69) is 10.6 Å². The Morgan fingerprint density at radius 3 is 2.34 bits per heavy atom. The topological polar surface area (TPSA) is 58.2 Å². The first-order chi connectivity index (χ1) is 13.9. The van der Waals surface area contributed by atoms with Gasteiger partial charge in [0.05, 0.1) is 5.75 Å². The quantitative estimate of drug-likeness (QED) is 0.481. The highest BCUT2D eigenvalue weighted by Gasteiger charge is 2.08. The maximum atomic E-state index is 12.4. The number of hydrogen-bond donors (Lipinski definition) is 2. The normalized spacial score (nSPS) is 10.4. The second-order valence-electron chi connectivity index (χ2n) is 6.65. The van der Waals surface area contributed by atoms with Crippen molar-refractivity contribution in [1.29, 1.82) is 0 Å². The van der Waals surface area contributed by atoms with Crippen LogP contribution in [0, 0.1) is 13.8 Å². The average molecular weight is 425 g/mol. The fourth-order valence-corrected chi connectivity index (χ4v) is 3.52. The molecule has 3 rings (SSSR count). The standard InChI is InChI=1S/C23H21ClN2O2S/c1-15-6-9-17(10-7-15)23(28)26-18-4-3-5-20(12-18)29-14-22(27)25-19-11-8-16(2)21(24)13-19/h3-13H,14H2,1-2H3,(H,25,27)(H,26,28). The molecule has 0 aliphatic heterocycles. The molecule has 0 radical (unpaired) electrons. The Bertz CT molecular complexity index is 1040. The molecule has 0 heterocycles. The van der Waals surface area contributed by atoms with Crippen molar-refractivity contribution in [1.82, 2.24) is 0 Å². The predicted octanol–water partition coefficient (Wildman–Crippen LogP) is 5.94. The number of carbonyl (C=O) groups excluding carboxylic acids is 2. The Morgan fingerprint density at radius 2 is 1.62 bits per heavy atom. The van der Waals surface area contributed by atoms with E-state index in [4.69, 9.17) is 11.6 Å². The van der Waals surface area contributed by atoms with Crippen LogP contribution in [0.4, 0.5) is 11.4 Å². The molecular weight excluding hydrogens is 404 g/mol. The van der Waals surface area contributed by atoms with Crippen molar-refractivity contribution in [2.45, 2.75) is 18.7 Å². The van der Waals surface area contributed by atoms with Crippen molar-refractivity contribution in [3.05, 3.63) is 88.4 Å². The van der Waals surface area contributed by atoms with E-state index in [0.29, 0.717) is 22.0 Å². The van der Waals surface area contributed by atoms with Gasteiger partial charge in [-0.05, 0) is 61.9 Å². The Balaban J connectivity index is 1.56. The molecule has 148 valence electrons. The van der Waals surface area contributed by atoms with Gasteiger partial charge in [-0.15, -0.1) is 11.8 Å². The van der Waals surface area contributed by atoms with Gasteiger partial charge in [-0.3, -0.25) is 9.59 Å². The third-order valence-electron chi connectivity index (χ3n) is 4.23. The molecule has 4 nitrogen and oxygen atoms in total. The van der Waals surface area contributed by atoms with Crippen molar-refractivity contribution in [3.8, 4) is 0 Å². The highest BCUT2D eigenvalue weighted by Crippen LogP contribution is 2.23. The van der Waals surface area contributed by atoms with Crippen LogP contribution < -0.4 is 10.6 Å². The Morgan fingerprint density at radius 1 is 0.897 bits per heavy atom. The van der Waals surface area contributed by atoms with Crippen molar-refractivity contribution < 1.29 is 9.59 Å². The summed E-state index contributed by atoms with van der Waals surface area (Å²) >= 11 is 7.49. The van der Waals surface area contributed by atoms with E-state index in [1.807, 2.05) is 62.4 Å². The Labute approximate surface area is 179 Å². The molecule has 0 saturated heterocycles. The van der Waals surface area contributed by atoms with Crippen LogP contribution in [0.1, 0.15) is 21.5 Å². The minimum atomic E-state index is -0.166. The summed E-state index contributed by atoms with van der Waals surface area (Å²) in [7, 11) is 0.